The van der Waals surface area contributed by atoms with Gasteiger partial charge in [0.2, 0.25) is 17.7 Å². The number of hydrogen-bond acceptors (Lipinski definition) is 5. The van der Waals surface area contributed by atoms with E-state index in [4.69, 9.17) is 9.47 Å². The summed E-state index contributed by atoms with van der Waals surface area (Å²) in [6.07, 6.45) is 1.49. The summed E-state index contributed by atoms with van der Waals surface area (Å²) in [7, 11) is 3.16. The molecule has 27 heavy (non-hydrogen) atoms. The third kappa shape index (κ3) is 11.0. The number of carbonyl (C=O) groups excluding carboxylic acids is 3. The molecule has 0 aliphatic heterocycles. The molecule has 0 heterocycles. The van der Waals surface area contributed by atoms with Gasteiger partial charge in [-0.15, -0.1) is 0 Å². The summed E-state index contributed by atoms with van der Waals surface area (Å²) in [5.41, 5.74) is 1.70. The molecule has 0 aliphatic rings. The molecule has 3 N–H and O–H groups in total. The van der Waals surface area contributed by atoms with E-state index in [9.17, 15) is 14.4 Å². The number of amides is 3. The third-order valence-electron chi connectivity index (χ3n) is 3.74. The first-order valence-electron chi connectivity index (χ1n) is 8.98. The maximum Gasteiger partial charge on any atom is 0.226 e. The minimum atomic E-state index is -0.115. The second-order valence-corrected chi connectivity index (χ2v) is 5.87. The summed E-state index contributed by atoms with van der Waals surface area (Å²) in [4.78, 5) is 34.6. The summed E-state index contributed by atoms with van der Waals surface area (Å²) < 4.78 is 10.1. The molecule has 0 unspecified atom stereocenters. The molecule has 0 bridgehead atoms. The van der Waals surface area contributed by atoms with Crippen molar-refractivity contribution in [3.05, 3.63) is 29.8 Å². The summed E-state index contributed by atoms with van der Waals surface area (Å²) in [5, 5.41) is 8.02. The number of benzene rings is 1. The summed E-state index contributed by atoms with van der Waals surface area (Å²) in [6, 6.07) is 7.37. The van der Waals surface area contributed by atoms with E-state index in [1.807, 2.05) is 24.3 Å². The zero-order valence-electron chi connectivity index (χ0n) is 16.0. The maximum absolute atomic E-state index is 11.8. The molecule has 0 spiro atoms. The van der Waals surface area contributed by atoms with Gasteiger partial charge in [-0.05, 0) is 24.1 Å². The van der Waals surface area contributed by atoms with Crippen molar-refractivity contribution in [3.63, 3.8) is 0 Å². The van der Waals surface area contributed by atoms with Crippen LogP contribution < -0.4 is 16.0 Å². The van der Waals surface area contributed by atoms with Crippen LogP contribution in [0, 0.1) is 0 Å². The van der Waals surface area contributed by atoms with Crippen molar-refractivity contribution in [1.82, 2.24) is 10.6 Å². The first kappa shape index (κ1) is 22.6. The Kier molecular flexibility index (Phi) is 11.5. The molecule has 0 fully saturated rings. The Bertz CT molecular complexity index is 590. The van der Waals surface area contributed by atoms with Crippen LogP contribution in [0.25, 0.3) is 0 Å². The van der Waals surface area contributed by atoms with Crippen molar-refractivity contribution in [3.8, 4) is 0 Å². The molecule has 8 heteroatoms. The fourth-order valence-electron chi connectivity index (χ4n) is 2.17. The molecule has 1 aromatic carbocycles. The lowest BCUT2D eigenvalue weighted by molar-refractivity contribution is -0.122. The lowest BCUT2D eigenvalue weighted by Gasteiger charge is -2.08. The normalized spacial score (nSPS) is 10.3. The van der Waals surface area contributed by atoms with Crippen LogP contribution in [-0.2, 0) is 30.3 Å². The quantitative estimate of drug-likeness (QED) is 0.441. The highest BCUT2D eigenvalue weighted by Gasteiger charge is 2.05. The molecule has 150 valence electrons. The number of ether oxygens (including phenoxy) is 2. The average molecular weight is 379 g/mol. The van der Waals surface area contributed by atoms with Gasteiger partial charge in [-0.3, -0.25) is 14.4 Å². The van der Waals surface area contributed by atoms with Gasteiger partial charge in [0.1, 0.15) is 0 Å². The van der Waals surface area contributed by atoms with Crippen LogP contribution in [0.3, 0.4) is 0 Å². The van der Waals surface area contributed by atoms with Crippen molar-refractivity contribution in [2.45, 2.75) is 25.7 Å². The molecule has 0 saturated heterocycles. The van der Waals surface area contributed by atoms with Gasteiger partial charge in [0.25, 0.3) is 0 Å². The van der Waals surface area contributed by atoms with Crippen LogP contribution in [0.2, 0.25) is 0 Å². The van der Waals surface area contributed by atoms with Crippen molar-refractivity contribution in [2.75, 3.05) is 45.8 Å². The van der Waals surface area contributed by atoms with Gasteiger partial charge in [-0.25, -0.2) is 0 Å². The fraction of sp³-hybridized carbons (Fsp3) is 0.526. The van der Waals surface area contributed by atoms with Crippen LogP contribution in [0.15, 0.2) is 24.3 Å². The molecule has 3 amide bonds. The molecule has 1 rings (SSSR count). The minimum Gasteiger partial charge on any atom is -0.382 e. The standard InChI is InChI=1S/C19H29N3O5/c1-20-17(23)9-11-21-18(24)8-5-15-3-6-16(7-4-15)22-19(25)10-12-27-14-13-26-2/h3-4,6-7H,5,8-14H2,1-2H3,(H,20,23)(H,21,24)(H,22,25). The lowest BCUT2D eigenvalue weighted by atomic mass is 10.1. The van der Waals surface area contributed by atoms with Crippen LogP contribution in [-0.4, -0.2) is 58.2 Å². The van der Waals surface area contributed by atoms with E-state index >= 15 is 0 Å². The van der Waals surface area contributed by atoms with E-state index in [0.29, 0.717) is 44.9 Å². The van der Waals surface area contributed by atoms with E-state index in [-0.39, 0.29) is 30.6 Å². The molecule has 0 atom stereocenters. The number of nitrogens with one attached hydrogen (secondary N) is 3. The molecule has 0 aromatic heterocycles. The van der Waals surface area contributed by atoms with Crippen molar-refractivity contribution < 1.29 is 23.9 Å². The predicted octanol–water partition coefficient (Wildman–Crippen LogP) is 0.863. The van der Waals surface area contributed by atoms with Gasteiger partial charge >= 0.3 is 0 Å². The number of anilines is 1. The summed E-state index contributed by atoms with van der Waals surface area (Å²) in [5.74, 6) is -0.310. The van der Waals surface area contributed by atoms with Gasteiger partial charge in [0.15, 0.2) is 0 Å². The average Bonchev–Trinajstić information content (AvgIpc) is 2.67. The summed E-state index contributed by atoms with van der Waals surface area (Å²) in [6.45, 7) is 1.66. The molecule has 1 aromatic rings. The topological polar surface area (TPSA) is 106 Å². The SMILES string of the molecule is CNC(=O)CCNC(=O)CCc1ccc(NC(=O)CCOCCOC)cc1. The predicted molar refractivity (Wildman–Crippen MR) is 102 cm³/mol. The lowest BCUT2D eigenvalue weighted by Crippen LogP contribution is -2.29. The Hall–Kier alpha value is -2.45. The highest BCUT2D eigenvalue weighted by Crippen LogP contribution is 2.11. The van der Waals surface area contributed by atoms with Gasteiger partial charge in [-0.1, -0.05) is 12.1 Å². The molecule has 0 radical (unpaired) electrons. The van der Waals surface area contributed by atoms with Crippen LogP contribution in [0.4, 0.5) is 5.69 Å². The third-order valence-corrected chi connectivity index (χ3v) is 3.74. The summed E-state index contributed by atoms with van der Waals surface area (Å²) >= 11 is 0. The van der Waals surface area contributed by atoms with Gasteiger partial charge < -0.3 is 25.4 Å². The van der Waals surface area contributed by atoms with E-state index in [1.54, 1.807) is 14.2 Å². The Morgan fingerprint density at radius 3 is 2.30 bits per heavy atom. The maximum atomic E-state index is 11.8. The number of aryl methyl sites for hydroxylation is 1. The van der Waals surface area contributed by atoms with Gasteiger partial charge in [0, 0.05) is 39.2 Å². The first-order chi connectivity index (χ1) is 13.0. The number of rotatable bonds is 13. The number of hydrogen-bond donors (Lipinski definition) is 3. The van der Waals surface area contributed by atoms with E-state index in [0.717, 1.165) is 5.56 Å². The number of methoxy groups -OCH3 is 1. The Labute approximate surface area is 160 Å². The Balaban J connectivity index is 2.24. The van der Waals surface area contributed by atoms with Crippen molar-refractivity contribution in [2.24, 2.45) is 0 Å². The largest absolute Gasteiger partial charge is 0.382 e. The first-order valence-corrected chi connectivity index (χ1v) is 8.98. The van der Waals surface area contributed by atoms with Crippen LogP contribution in [0.1, 0.15) is 24.8 Å². The molecule has 0 saturated carbocycles. The van der Waals surface area contributed by atoms with E-state index in [1.165, 1.54) is 0 Å². The molecular formula is C19H29N3O5. The highest BCUT2D eigenvalue weighted by molar-refractivity contribution is 5.90. The zero-order valence-corrected chi connectivity index (χ0v) is 16.0. The second kappa shape index (κ2) is 13.7. The molecular weight excluding hydrogens is 350 g/mol. The number of carbonyl (C=O) groups is 3. The Morgan fingerprint density at radius 1 is 0.889 bits per heavy atom. The van der Waals surface area contributed by atoms with E-state index in [2.05, 4.69) is 16.0 Å². The Morgan fingerprint density at radius 2 is 1.63 bits per heavy atom. The molecule has 8 nitrogen and oxygen atoms in total. The second-order valence-electron chi connectivity index (χ2n) is 5.87. The van der Waals surface area contributed by atoms with Crippen molar-refractivity contribution >= 4 is 23.4 Å². The van der Waals surface area contributed by atoms with E-state index < -0.39 is 0 Å². The fourth-order valence-corrected chi connectivity index (χ4v) is 2.17. The van der Waals surface area contributed by atoms with Crippen LogP contribution in [0.5, 0.6) is 0 Å². The smallest absolute Gasteiger partial charge is 0.226 e. The van der Waals surface area contributed by atoms with Gasteiger partial charge in [-0.2, -0.15) is 0 Å². The highest BCUT2D eigenvalue weighted by atomic mass is 16.5. The van der Waals surface area contributed by atoms with Crippen LogP contribution >= 0.6 is 0 Å². The van der Waals surface area contributed by atoms with Gasteiger partial charge in [0.05, 0.1) is 26.2 Å². The monoisotopic (exact) mass is 379 g/mol. The minimum absolute atomic E-state index is 0.0928. The molecule has 0 aliphatic carbocycles. The van der Waals surface area contributed by atoms with Crippen molar-refractivity contribution in [1.29, 1.82) is 0 Å². The zero-order chi connectivity index (χ0) is 19.9.